The van der Waals surface area contributed by atoms with E-state index in [2.05, 4.69) is 6.92 Å². The molecule has 0 aromatic carbocycles. The average molecular weight is 214 g/mol. The Balaban J connectivity index is 3.03. The van der Waals surface area contributed by atoms with Gasteiger partial charge in [-0.15, -0.1) is 0 Å². The fourth-order valence-corrected chi connectivity index (χ4v) is 1.37. The fourth-order valence-electron chi connectivity index (χ4n) is 1.37. The second kappa shape index (κ2) is 11.6. The molecule has 15 heavy (non-hydrogen) atoms. The van der Waals surface area contributed by atoms with E-state index >= 15 is 0 Å². The van der Waals surface area contributed by atoms with Gasteiger partial charge >= 0.3 is 0 Å². The number of allylic oxidation sites excluding steroid dienone is 1. The quantitative estimate of drug-likeness (QED) is 0.444. The van der Waals surface area contributed by atoms with Crippen molar-refractivity contribution >= 4 is 0 Å². The average Bonchev–Trinajstić information content (AvgIpc) is 2.20. The van der Waals surface area contributed by atoms with Gasteiger partial charge in [0, 0.05) is 0 Å². The fraction of sp³-hybridized carbons (Fsp3) is 0.846. The highest BCUT2D eigenvalue weighted by Gasteiger charge is 1.91. The van der Waals surface area contributed by atoms with E-state index < -0.39 is 0 Å². The number of hydrogen-bond donors (Lipinski definition) is 1. The molecule has 0 aromatic heterocycles. The minimum absolute atomic E-state index is 0.372. The molecule has 90 valence electrons. The highest BCUT2D eigenvalue weighted by atomic mass is 16.5. The third-order valence-electron chi connectivity index (χ3n) is 2.25. The van der Waals surface area contributed by atoms with Crippen LogP contribution in [-0.2, 0) is 4.74 Å². The van der Waals surface area contributed by atoms with E-state index in [1.54, 1.807) is 13.2 Å². The van der Waals surface area contributed by atoms with Crippen molar-refractivity contribution in [1.29, 1.82) is 0 Å². The van der Waals surface area contributed by atoms with E-state index in [1.165, 1.54) is 38.5 Å². The van der Waals surface area contributed by atoms with Crippen LogP contribution < -0.4 is 0 Å². The highest BCUT2D eigenvalue weighted by Crippen LogP contribution is 2.07. The lowest BCUT2D eigenvalue weighted by Crippen LogP contribution is -2.06. The molecule has 1 atom stereocenters. The van der Waals surface area contributed by atoms with Gasteiger partial charge in [0.1, 0.15) is 6.61 Å². The third kappa shape index (κ3) is 13.5. The Kier molecular flexibility index (Phi) is 11.2. The molecule has 0 rings (SSSR count). The van der Waals surface area contributed by atoms with Crippen LogP contribution in [0.5, 0.6) is 0 Å². The lowest BCUT2D eigenvalue weighted by Gasteiger charge is -2.02. The van der Waals surface area contributed by atoms with Gasteiger partial charge in [0.15, 0.2) is 0 Å². The van der Waals surface area contributed by atoms with Gasteiger partial charge in [-0.05, 0) is 25.8 Å². The molecule has 2 nitrogen and oxygen atoms in total. The van der Waals surface area contributed by atoms with Crippen molar-refractivity contribution < 1.29 is 9.84 Å². The van der Waals surface area contributed by atoms with Gasteiger partial charge in [0.2, 0.25) is 0 Å². The van der Waals surface area contributed by atoms with Crippen molar-refractivity contribution in [3.05, 3.63) is 12.3 Å². The van der Waals surface area contributed by atoms with E-state index in [0.717, 1.165) is 6.42 Å². The number of rotatable bonds is 10. The Morgan fingerprint density at radius 2 is 1.80 bits per heavy atom. The summed E-state index contributed by atoms with van der Waals surface area (Å²) in [4.78, 5) is 0. The minimum atomic E-state index is -0.372. The molecule has 0 aromatic rings. The first kappa shape index (κ1) is 14.5. The molecule has 0 heterocycles. The van der Waals surface area contributed by atoms with Gasteiger partial charge in [0.25, 0.3) is 0 Å². The maximum atomic E-state index is 8.92. The van der Waals surface area contributed by atoms with Crippen molar-refractivity contribution in [2.75, 3.05) is 6.61 Å². The van der Waals surface area contributed by atoms with E-state index in [4.69, 9.17) is 9.84 Å². The van der Waals surface area contributed by atoms with Gasteiger partial charge in [-0.1, -0.05) is 39.0 Å². The summed E-state index contributed by atoms with van der Waals surface area (Å²) >= 11 is 0. The van der Waals surface area contributed by atoms with Crippen LogP contribution in [0.2, 0.25) is 0 Å². The van der Waals surface area contributed by atoms with Crippen molar-refractivity contribution in [2.45, 2.75) is 64.9 Å². The van der Waals surface area contributed by atoms with Gasteiger partial charge in [-0.25, -0.2) is 0 Å². The molecular weight excluding hydrogens is 188 g/mol. The first-order chi connectivity index (χ1) is 7.27. The molecule has 0 bridgehead atoms. The Morgan fingerprint density at radius 1 is 1.13 bits per heavy atom. The van der Waals surface area contributed by atoms with Crippen molar-refractivity contribution in [3.63, 3.8) is 0 Å². The molecule has 1 unspecified atom stereocenters. The molecular formula is C13H26O2. The molecule has 0 aliphatic rings. The Morgan fingerprint density at radius 3 is 2.47 bits per heavy atom. The molecule has 0 aliphatic heterocycles. The van der Waals surface area contributed by atoms with Crippen LogP contribution in [0.4, 0.5) is 0 Å². The van der Waals surface area contributed by atoms with Crippen molar-refractivity contribution in [3.8, 4) is 0 Å². The predicted octanol–water partition coefficient (Wildman–Crippen LogP) is 3.65. The highest BCUT2D eigenvalue weighted by molar-refractivity contribution is 4.73. The topological polar surface area (TPSA) is 29.5 Å². The van der Waals surface area contributed by atoms with Gasteiger partial charge in [0.05, 0.1) is 12.4 Å². The Hall–Kier alpha value is -0.500. The zero-order valence-corrected chi connectivity index (χ0v) is 10.2. The van der Waals surface area contributed by atoms with Crippen LogP contribution in [0, 0.1) is 0 Å². The SMILES string of the molecule is CCCCCCCCC=COCC(C)O. The zero-order valence-electron chi connectivity index (χ0n) is 10.2. The number of hydrogen-bond acceptors (Lipinski definition) is 2. The second-order valence-corrected chi connectivity index (χ2v) is 4.11. The molecule has 0 saturated carbocycles. The lowest BCUT2D eigenvalue weighted by atomic mass is 10.1. The molecule has 0 radical (unpaired) electrons. The number of aliphatic hydroxyl groups is 1. The molecule has 0 aliphatic carbocycles. The summed E-state index contributed by atoms with van der Waals surface area (Å²) in [6, 6.07) is 0. The van der Waals surface area contributed by atoms with Crippen molar-refractivity contribution in [1.82, 2.24) is 0 Å². The van der Waals surface area contributed by atoms with E-state index in [0.29, 0.717) is 6.61 Å². The summed E-state index contributed by atoms with van der Waals surface area (Å²) in [5.74, 6) is 0. The van der Waals surface area contributed by atoms with Crippen LogP contribution in [0.25, 0.3) is 0 Å². The lowest BCUT2D eigenvalue weighted by molar-refractivity contribution is 0.0973. The summed E-state index contributed by atoms with van der Waals surface area (Å²) in [6.45, 7) is 4.36. The molecule has 0 fully saturated rings. The standard InChI is InChI=1S/C13H26O2/c1-3-4-5-6-7-8-9-10-11-15-12-13(2)14/h10-11,13-14H,3-9,12H2,1-2H3. The van der Waals surface area contributed by atoms with Crippen LogP contribution in [0.3, 0.4) is 0 Å². The van der Waals surface area contributed by atoms with Crippen LogP contribution in [0.15, 0.2) is 12.3 Å². The number of unbranched alkanes of at least 4 members (excludes halogenated alkanes) is 6. The van der Waals surface area contributed by atoms with Crippen LogP contribution in [-0.4, -0.2) is 17.8 Å². The molecule has 0 amide bonds. The number of aliphatic hydroxyl groups excluding tert-OH is 1. The van der Waals surface area contributed by atoms with Crippen molar-refractivity contribution in [2.24, 2.45) is 0 Å². The maximum Gasteiger partial charge on any atom is 0.113 e. The van der Waals surface area contributed by atoms with Gasteiger partial charge < -0.3 is 9.84 Å². The monoisotopic (exact) mass is 214 g/mol. The largest absolute Gasteiger partial charge is 0.499 e. The number of ether oxygens (including phenoxy) is 1. The normalized spacial score (nSPS) is 13.3. The maximum absolute atomic E-state index is 8.92. The first-order valence-corrected chi connectivity index (χ1v) is 6.22. The van der Waals surface area contributed by atoms with Crippen LogP contribution >= 0.6 is 0 Å². The first-order valence-electron chi connectivity index (χ1n) is 6.22. The van der Waals surface area contributed by atoms with Crippen LogP contribution in [0.1, 0.15) is 58.8 Å². The van der Waals surface area contributed by atoms with Gasteiger partial charge in [-0.3, -0.25) is 0 Å². The van der Waals surface area contributed by atoms with E-state index in [-0.39, 0.29) is 6.10 Å². The van der Waals surface area contributed by atoms with Gasteiger partial charge in [-0.2, -0.15) is 0 Å². The molecule has 1 N–H and O–H groups in total. The summed E-state index contributed by atoms with van der Waals surface area (Å²) in [5.41, 5.74) is 0. The Bertz CT molecular complexity index is 141. The Labute approximate surface area is 94.3 Å². The summed E-state index contributed by atoms with van der Waals surface area (Å²) in [6.07, 6.45) is 12.4. The molecule has 2 heteroatoms. The smallest absolute Gasteiger partial charge is 0.113 e. The second-order valence-electron chi connectivity index (χ2n) is 4.11. The molecule has 0 spiro atoms. The summed E-state index contributed by atoms with van der Waals surface area (Å²) < 4.78 is 5.11. The summed E-state index contributed by atoms with van der Waals surface area (Å²) in [7, 11) is 0. The van der Waals surface area contributed by atoms with E-state index in [9.17, 15) is 0 Å². The predicted molar refractivity (Wildman–Crippen MR) is 64.8 cm³/mol. The zero-order chi connectivity index (χ0) is 11.4. The third-order valence-corrected chi connectivity index (χ3v) is 2.25. The van der Waals surface area contributed by atoms with E-state index in [1.807, 2.05) is 6.08 Å². The summed E-state index contributed by atoms with van der Waals surface area (Å²) in [5, 5.41) is 8.92. The minimum Gasteiger partial charge on any atom is -0.499 e. The molecule has 0 saturated heterocycles.